The van der Waals surface area contributed by atoms with Gasteiger partial charge in [0.05, 0.1) is 16.4 Å². The molecule has 0 aliphatic carbocycles. The van der Waals surface area contributed by atoms with Gasteiger partial charge in [-0.1, -0.05) is 23.5 Å². The molecule has 0 atom stereocenters. The number of thiazole rings is 1. The van der Waals surface area contributed by atoms with Crippen molar-refractivity contribution in [2.45, 2.75) is 20.4 Å². The molecule has 10 heteroatoms. The maximum absolute atomic E-state index is 14.7. The summed E-state index contributed by atoms with van der Waals surface area (Å²) in [5.74, 6) is 0.458. The van der Waals surface area contributed by atoms with Crippen LogP contribution in [0, 0.1) is 5.82 Å². The lowest BCUT2D eigenvalue weighted by Gasteiger charge is -2.32. The van der Waals surface area contributed by atoms with Gasteiger partial charge in [-0.3, -0.25) is 4.90 Å². The molecule has 1 N–H and O–H groups in total. The SMILES string of the molecule is CCN(CC)c1nc2ccc(-c3nc(Nc4ccc(CN5CCN(C)CC5)cn4)ncc3F)cc2s1. The molecule has 0 spiro atoms. The molecule has 3 aromatic heterocycles. The summed E-state index contributed by atoms with van der Waals surface area (Å²) in [4.78, 5) is 24.8. The van der Waals surface area contributed by atoms with Crippen LogP contribution in [0.2, 0.25) is 0 Å². The van der Waals surface area contributed by atoms with Crippen molar-refractivity contribution in [3.8, 4) is 11.3 Å². The topological polar surface area (TPSA) is 73.3 Å². The molecule has 1 aromatic carbocycles. The lowest BCUT2D eigenvalue weighted by molar-refractivity contribution is 0.148. The Balaban J connectivity index is 1.31. The van der Waals surface area contributed by atoms with Gasteiger partial charge in [0.25, 0.3) is 0 Å². The fraction of sp³-hybridized carbons (Fsp3) is 0.385. The normalized spacial score (nSPS) is 14.9. The summed E-state index contributed by atoms with van der Waals surface area (Å²) in [6.45, 7) is 11.2. The number of fused-ring (bicyclic) bond motifs is 1. The van der Waals surface area contributed by atoms with Crippen molar-refractivity contribution in [3.05, 3.63) is 54.1 Å². The van der Waals surface area contributed by atoms with Gasteiger partial charge in [-0.2, -0.15) is 0 Å². The lowest BCUT2D eigenvalue weighted by atomic mass is 10.1. The number of nitrogens with one attached hydrogen (secondary N) is 1. The minimum absolute atomic E-state index is 0.249. The van der Waals surface area contributed by atoms with E-state index in [1.165, 1.54) is 6.20 Å². The van der Waals surface area contributed by atoms with Crippen LogP contribution in [0.15, 0.2) is 42.7 Å². The zero-order chi connectivity index (χ0) is 25.1. The van der Waals surface area contributed by atoms with Gasteiger partial charge in [0.1, 0.15) is 11.5 Å². The van der Waals surface area contributed by atoms with E-state index in [0.717, 1.165) is 66.7 Å². The monoisotopic (exact) mass is 506 g/mol. The van der Waals surface area contributed by atoms with Gasteiger partial charge in [-0.05, 0) is 44.7 Å². The van der Waals surface area contributed by atoms with Crippen LogP contribution in [0.1, 0.15) is 19.4 Å². The second-order valence-corrected chi connectivity index (χ2v) is 10.0. The second-order valence-electron chi connectivity index (χ2n) is 9.00. The van der Waals surface area contributed by atoms with Crippen LogP contribution in [-0.2, 0) is 6.54 Å². The number of benzene rings is 1. The van der Waals surface area contributed by atoms with Gasteiger partial charge in [-0.15, -0.1) is 0 Å². The van der Waals surface area contributed by atoms with Crippen LogP contribution in [0.25, 0.3) is 21.5 Å². The van der Waals surface area contributed by atoms with Gasteiger partial charge in [0.2, 0.25) is 5.95 Å². The Labute approximate surface area is 214 Å². The van der Waals surface area contributed by atoms with Crippen LogP contribution in [0.5, 0.6) is 0 Å². The largest absolute Gasteiger partial charge is 0.349 e. The summed E-state index contributed by atoms with van der Waals surface area (Å²) in [6.07, 6.45) is 3.07. The predicted octanol–water partition coefficient (Wildman–Crippen LogP) is 4.62. The number of rotatable bonds is 8. The first kappa shape index (κ1) is 24.5. The van der Waals surface area contributed by atoms with Crippen molar-refractivity contribution >= 4 is 38.5 Å². The first-order valence-corrected chi connectivity index (χ1v) is 13.2. The molecule has 1 aliphatic rings. The molecule has 0 amide bonds. The number of hydrogen-bond acceptors (Lipinski definition) is 9. The van der Waals surface area contributed by atoms with E-state index in [1.807, 2.05) is 30.5 Å². The molecular formula is C26H31FN8S. The van der Waals surface area contributed by atoms with Gasteiger partial charge in [0, 0.05) is 57.6 Å². The molecule has 5 rings (SSSR count). The highest BCUT2D eigenvalue weighted by Gasteiger charge is 2.16. The number of anilines is 3. The maximum Gasteiger partial charge on any atom is 0.229 e. The maximum atomic E-state index is 14.7. The molecule has 0 radical (unpaired) electrons. The molecule has 36 heavy (non-hydrogen) atoms. The Hall–Kier alpha value is -3.21. The van der Waals surface area contributed by atoms with Crippen LogP contribution in [0.3, 0.4) is 0 Å². The molecule has 1 saturated heterocycles. The van der Waals surface area contributed by atoms with Crippen molar-refractivity contribution < 1.29 is 4.39 Å². The molecular weight excluding hydrogens is 475 g/mol. The van der Waals surface area contributed by atoms with E-state index in [-0.39, 0.29) is 5.69 Å². The Kier molecular flexibility index (Phi) is 7.35. The summed E-state index contributed by atoms with van der Waals surface area (Å²) in [7, 11) is 2.16. The van der Waals surface area contributed by atoms with Crippen LogP contribution >= 0.6 is 11.3 Å². The van der Waals surface area contributed by atoms with Gasteiger partial charge >= 0.3 is 0 Å². The van der Waals surface area contributed by atoms with Crippen molar-refractivity contribution in [2.24, 2.45) is 0 Å². The second kappa shape index (κ2) is 10.8. The van der Waals surface area contributed by atoms with E-state index >= 15 is 0 Å². The molecule has 0 bridgehead atoms. The zero-order valence-electron chi connectivity index (χ0n) is 20.9. The molecule has 1 fully saturated rings. The number of pyridine rings is 1. The van der Waals surface area contributed by atoms with Crippen LogP contribution in [0.4, 0.5) is 21.3 Å². The third-order valence-electron chi connectivity index (χ3n) is 6.50. The highest BCUT2D eigenvalue weighted by Crippen LogP contribution is 2.32. The summed E-state index contributed by atoms with van der Waals surface area (Å²) in [5, 5.41) is 4.08. The highest BCUT2D eigenvalue weighted by molar-refractivity contribution is 7.22. The average Bonchev–Trinajstić information content (AvgIpc) is 3.31. The molecule has 4 aromatic rings. The van der Waals surface area contributed by atoms with Gasteiger partial charge in [-0.25, -0.2) is 24.3 Å². The number of aromatic nitrogens is 4. The number of likely N-dealkylation sites (N-methyl/N-ethyl adjacent to an activating group) is 1. The van der Waals surface area contributed by atoms with Crippen molar-refractivity contribution in [2.75, 3.05) is 56.5 Å². The van der Waals surface area contributed by atoms with Crippen molar-refractivity contribution in [1.29, 1.82) is 0 Å². The third-order valence-corrected chi connectivity index (χ3v) is 7.57. The molecule has 0 saturated carbocycles. The number of nitrogens with zero attached hydrogens (tertiary/aromatic N) is 7. The van der Waals surface area contributed by atoms with Crippen molar-refractivity contribution in [3.63, 3.8) is 0 Å². The van der Waals surface area contributed by atoms with E-state index in [1.54, 1.807) is 11.3 Å². The van der Waals surface area contributed by atoms with Gasteiger partial charge in [0.15, 0.2) is 10.9 Å². The smallest absolute Gasteiger partial charge is 0.229 e. The minimum atomic E-state index is -0.469. The lowest BCUT2D eigenvalue weighted by Crippen LogP contribution is -2.43. The van der Waals surface area contributed by atoms with Crippen molar-refractivity contribution in [1.82, 2.24) is 29.7 Å². The van der Waals surface area contributed by atoms with Crippen LogP contribution < -0.4 is 10.2 Å². The average molecular weight is 507 g/mol. The summed E-state index contributed by atoms with van der Waals surface area (Å²) in [5.41, 5.74) is 3.00. The first-order chi connectivity index (χ1) is 17.5. The number of hydrogen-bond donors (Lipinski definition) is 1. The summed E-state index contributed by atoms with van der Waals surface area (Å²) >= 11 is 1.61. The Morgan fingerprint density at radius 1 is 1.00 bits per heavy atom. The standard InChI is InChI=1S/C26H31FN8S/c1-4-35(5-2)26-30-21-8-7-19(14-22(21)36-26)24-20(27)16-29-25(32-24)31-23-9-6-18(15-28-23)17-34-12-10-33(3)11-13-34/h6-9,14-16H,4-5,10-13,17H2,1-3H3,(H,28,29,31,32). The minimum Gasteiger partial charge on any atom is -0.349 e. The molecule has 4 heterocycles. The molecule has 0 unspecified atom stereocenters. The third kappa shape index (κ3) is 5.45. The van der Waals surface area contributed by atoms with Gasteiger partial charge < -0.3 is 15.1 Å². The Bertz CT molecular complexity index is 1310. The number of piperazine rings is 1. The van der Waals surface area contributed by atoms with E-state index < -0.39 is 5.82 Å². The van der Waals surface area contributed by atoms with E-state index in [2.05, 4.69) is 61.9 Å². The highest BCUT2D eigenvalue weighted by atomic mass is 32.1. The predicted molar refractivity (Wildman–Crippen MR) is 144 cm³/mol. The molecule has 8 nitrogen and oxygen atoms in total. The quantitative estimate of drug-likeness (QED) is 0.371. The number of halogens is 1. The fourth-order valence-electron chi connectivity index (χ4n) is 4.29. The molecule has 188 valence electrons. The first-order valence-electron chi connectivity index (χ1n) is 12.3. The Morgan fingerprint density at radius 3 is 2.53 bits per heavy atom. The zero-order valence-corrected chi connectivity index (χ0v) is 21.7. The van der Waals surface area contributed by atoms with Crippen LogP contribution in [-0.4, -0.2) is 76.1 Å². The van der Waals surface area contributed by atoms with E-state index in [4.69, 9.17) is 4.98 Å². The van der Waals surface area contributed by atoms with E-state index in [0.29, 0.717) is 17.3 Å². The fourth-order valence-corrected chi connectivity index (χ4v) is 5.42. The Morgan fingerprint density at radius 2 is 1.81 bits per heavy atom. The summed E-state index contributed by atoms with van der Waals surface area (Å²) < 4.78 is 15.7. The van der Waals surface area contributed by atoms with E-state index in [9.17, 15) is 4.39 Å². The molecule has 1 aliphatic heterocycles. The summed E-state index contributed by atoms with van der Waals surface area (Å²) in [6, 6.07) is 9.69.